The number of carboxylic acid groups (broad SMARTS) is 1. The largest absolute Gasteiger partial charge is 0.480 e. The molecule has 0 aliphatic carbocycles. The molecule has 118 valence electrons. The molecule has 3 aromatic rings. The Morgan fingerprint density at radius 3 is 2.87 bits per heavy atom. The number of carboxylic acids is 1. The molecule has 0 aliphatic rings. The van der Waals surface area contributed by atoms with E-state index in [9.17, 15) is 14.7 Å². The van der Waals surface area contributed by atoms with Crippen LogP contribution in [0.25, 0.3) is 5.95 Å². The van der Waals surface area contributed by atoms with Gasteiger partial charge in [-0.3, -0.25) is 9.36 Å². The van der Waals surface area contributed by atoms with Crippen molar-refractivity contribution in [3.8, 4) is 5.95 Å². The summed E-state index contributed by atoms with van der Waals surface area (Å²) in [7, 11) is 0. The highest BCUT2D eigenvalue weighted by atomic mass is 16.4. The number of nitrogens with one attached hydrogen (secondary N) is 3. The molecule has 0 radical (unpaired) electrons. The lowest BCUT2D eigenvalue weighted by molar-refractivity contribution is -0.139. The van der Waals surface area contributed by atoms with Gasteiger partial charge < -0.3 is 20.4 Å². The Bertz CT molecular complexity index is 792. The summed E-state index contributed by atoms with van der Waals surface area (Å²) in [6, 6.07) is -1.11. The number of aliphatic carboxylic acids is 1. The molecule has 10 heteroatoms. The summed E-state index contributed by atoms with van der Waals surface area (Å²) >= 11 is 0. The predicted octanol–water partition coefficient (Wildman–Crippen LogP) is -0.256. The minimum atomic E-state index is -1.15. The average molecular weight is 315 g/mol. The summed E-state index contributed by atoms with van der Waals surface area (Å²) in [6.07, 6.45) is 9.35. The fourth-order valence-corrected chi connectivity index (χ4v) is 2.00. The van der Waals surface area contributed by atoms with Gasteiger partial charge >= 0.3 is 5.97 Å². The van der Waals surface area contributed by atoms with Gasteiger partial charge in [0.15, 0.2) is 5.82 Å². The van der Waals surface area contributed by atoms with Crippen LogP contribution in [0.2, 0.25) is 0 Å². The average Bonchev–Trinajstić information content (AvgIpc) is 3.27. The van der Waals surface area contributed by atoms with Gasteiger partial charge in [-0.25, -0.2) is 19.7 Å². The monoisotopic (exact) mass is 315 g/mol. The summed E-state index contributed by atoms with van der Waals surface area (Å²) in [6.45, 7) is 0. The van der Waals surface area contributed by atoms with Gasteiger partial charge in [-0.05, 0) is 0 Å². The SMILES string of the molecule is O=C(N[C@@H](Cc1cnc(-n2ccnc2)[nH]1)C(=O)O)c1ncc[nH]1. The molecule has 1 atom stereocenters. The van der Waals surface area contributed by atoms with Crippen molar-refractivity contribution in [3.63, 3.8) is 0 Å². The van der Waals surface area contributed by atoms with Crippen LogP contribution in [0.3, 0.4) is 0 Å². The molecule has 1 amide bonds. The summed E-state index contributed by atoms with van der Waals surface area (Å²) in [4.78, 5) is 40.7. The predicted molar refractivity (Wildman–Crippen MR) is 76.9 cm³/mol. The molecule has 23 heavy (non-hydrogen) atoms. The minimum Gasteiger partial charge on any atom is -0.480 e. The number of imidazole rings is 3. The van der Waals surface area contributed by atoms with Gasteiger partial charge in [0.1, 0.15) is 12.4 Å². The lowest BCUT2D eigenvalue weighted by atomic mass is 10.1. The first-order valence-corrected chi connectivity index (χ1v) is 6.69. The molecule has 0 saturated heterocycles. The Hall–Kier alpha value is -3.43. The van der Waals surface area contributed by atoms with Crippen molar-refractivity contribution >= 4 is 11.9 Å². The highest BCUT2D eigenvalue weighted by Gasteiger charge is 2.23. The van der Waals surface area contributed by atoms with Crippen molar-refractivity contribution in [2.45, 2.75) is 12.5 Å². The molecule has 3 aromatic heterocycles. The summed E-state index contributed by atoms with van der Waals surface area (Å²) in [5.74, 6) is -1.17. The summed E-state index contributed by atoms with van der Waals surface area (Å²) < 4.78 is 1.65. The van der Waals surface area contributed by atoms with E-state index in [1.807, 2.05) is 0 Å². The number of nitrogens with zero attached hydrogens (tertiary/aromatic N) is 4. The van der Waals surface area contributed by atoms with Gasteiger partial charge in [0, 0.05) is 36.9 Å². The third-order valence-corrected chi connectivity index (χ3v) is 3.10. The van der Waals surface area contributed by atoms with E-state index in [1.165, 1.54) is 18.6 Å². The molecule has 3 rings (SSSR count). The molecule has 0 bridgehead atoms. The molecule has 0 saturated carbocycles. The molecule has 0 fully saturated rings. The Morgan fingerprint density at radius 1 is 1.35 bits per heavy atom. The Labute approximate surface area is 129 Å². The fraction of sp³-hybridized carbons (Fsp3) is 0.154. The van der Waals surface area contributed by atoms with Crippen LogP contribution in [0.1, 0.15) is 16.3 Å². The number of hydrogen-bond acceptors (Lipinski definition) is 5. The Balaban J connectivity index is 1.70. The molecule has 0 spiro atoms. The van der Waals surface area contributed by atoms with E-state index in [2.05, 4.69) is 30.2 Å². The first-order valence-electron chi connectivity index (χ1n) is 6.69. The number of rotatable bonds is 6. The van der Waals surface area contributed by atoms with Crippen molar-refractivity contribution in [3.05, 3.63) is 48.8 Å². The van der Waals surface area contributed by atoms with E-state index in [1.54, 1.807) is 23.3 Å². The number of aromatic amines is 2. The molecular formula is C13H13N7O3. The van der Waals surface area contributed by atoms with Gasteiger partial charge in [0.25, 0.3) is 5.91 Å². The van der Waals surface area contributed by atoms with Gasteiger partial charge in [-0.2, -0.15) is 0 Å². The molecule has 3 heterocycles. The molecule has 0 aromatic carbocycles. The number of aromatic nitrogens is 6. The standard InChI is InChI=1S/C13H13N7O3/c21-11(10-15-1-2-16-10)19-9(12(22)23)5-8-6-17-13(18-8)20-4-3-14-7-20/h1-4,6-7,9H,5H2,(H,15,16)(H,17,18)(H,19,21)(H,22,23)/t9-/m0/s1. The lowest BCUT2D eigenvalue weighted by Gasteiger charge is -2.12. The quantitative estimate of drug-likeness (QED) is 0.494. The van der Waals surface area contributed by atoms with Crippen LogP contribution < -0.4 is 5.32 Å². The van der Waals surface area contributed by atoms with Gasteiger partial charge in [-0.15, -0.1) is 0 Å². The Morgan fingerprint density at radius 2 is 2.22 bits per heavy atom. The van der Waals surface area contributed by atoms with Crippen LogP contribution in [0.5, 0.6) is 0 Å². The van der Waals surface area contributed by atoms with E-state index >= 15 is 0 Å². The third kappa shape index (κ3) is 3.26. The van der Waals surface area contributed by atoms with Crippen LogP contribution in [-0.2, 0) is 11.2 Å². The van der Waals surface area contributed by atoms with Crippen LogP contribution in [0.4, 0.5) is 0 Å². The van der Waals surface area contributed by atoms with E-state index < -0.39 is 17.9 Å². The maximum absolute atomic E-state index is 11.9. The maximum atomic E-state index is 11.9. The molecular weight excluding hydrogens is 302 g/mol. The van der Waals surface area contributed by atoms with Crippen LogP contribution >= 0.6 is 0 Å². The minimum absolute atomic E-state index is 0.0555. The number of H-pyrrole nitrogens is 2. The van der Waals surface area contributed by atoms with Crippen molar-refractivity contribution in [2.75, 3.05) is 0 Å². The zero-order chi connectivity index (χ0) is 16.2. The number of carbonyl (C=O) groups excluding carboxylic acids is 1. The Kier molecular flexibility index (Phi) is 3.87. The zero-order valence-electron chi connectivity index (χ0n) is 11.8. The third-order valence-electron chi connectivity index (χ3n) is 3.10. The van der Waals surface area contributed by atoms with Crippen molar-refractivity contribution < 1.29 is 14.7 Å². The topological polar surface area (TPSA) is 142 Å². The maximum Gasteiger partial charge on any atom is 0.326 e. The second kappa shape index (κ2) is 6.13. The highest BCUT2D eigenvalue weighted by Crippen LogP contribution is 2.06. The van der Waals surface area contributed by atoms with Gasteiger partial charge in [-0.1, -0.05) is 0 Å². The van der Waals surface area contributed by atoms with Crippen molar-refractivity contribution in [2.24, 2.45) is 0 Å². The fourth-order valence-electron chi connectivity index (χ4n) is 2.00. The second-order valence-electron chi connectivity index (χ2n) is 4.71. The first-order chi connectivity index (χ1) is 11.1. The first kappa shape index (κ1) is 14.5. The van der Waals surface area contributed by atoms with Crippen LogP contribution in [0, 0.1) is 0 Å². The number of hydrogen-bond donors (Lipinski definition) is 4. The van der Waals surface area contributed by atoms with Crippen LogP contribution in [-0.4, -0.2) is 52.5 Å². The van der Waals surface area contributed by atoms with E-state index in [4.69, 9.17) is 0 Å². The lowest BCUT2D eigenvalue weighted by Crippen LogP contribution is -2.42. The summed E-state index contributed by atoms with van der Waals surface area (Å²) in [5, 5.41) is 11.7. The van der Waals surface area contributed by atoms with E-state index in [-0.39, 0.29) is 12.2 Å². The van der Waals surface area contributed by atoms with Gasteiger partial charge in [0.05, 0.1) is 6.20 Å². The van der Waals surface area contributed by atoms with Crippen molar-refractivity contribution in [1.82, 2.24) is 34.8 Å². The van der Waals surface area contributed by atoms with E-state index in [0.29, 0.717) is 11.6 Å². The number of amides is 1. The van der Waals surface area contributed by atoms with E-state index in [0.717, 1.165) is 0 Å². The number of carbonyl (C=O) groups is 2. The summed E-state index contributed by atoms with van der Waals surface area (Å²) in [5.41, 5.74) is 0.570. The van der Waals surface area contributed by atoms with Crippen molar-refractivity contribution in [1.29, 1.82) is 0 Å². The normalized spacial score (nSPS) is 12.0. The van der Waals surface area contributed by atoms with Gasteiger partial charge in [0.2, 0.25) is 5.95 Å². The molecule has 10 nitrogen and oxygen atoms in total. The zero-order valence-corrected chi connectivity index (χ0v) is 11.8. The second-order valence-corrected chi connectivity index (χ2v) is 4.71. The van der Waals surface area contributed by atoms with Crippen LogP contribution in [0.15, 0.2) is 37.3 Å². The molecule has 4 N–H and O–H groups in total. The smallest absolute Gasteiger partial charge is 0.326 e. The molecule has 0 unspecified atom stereocenters. The highest BCUT2D eigenvalue weighted by molar-refractivity contribution is 5.93. The molecule has 0 aliphatic heterocycles.